The molecule has 2 aromatic carbocycles. The molecule has 1 aliphatic rings. The van der Waals surface area contributed by atoms with Crippen LogP contribution in [0.25, 0.3) is 0 Å². The van der Waals surface area contributed by atoms with Crippen LogP contribution >= 0.6 is 11.6 Å². The Labute approximate surface area is 156 Å². The van der Waals surface area contributed by atoms with Crippen LogP contribution in [0.5, 0.6) is 0 Å². The molecule has 0 aliphatic carbocycles. The van der Waals surface area contributed by atoms with Gasteiger partial charge >= 0.3 is 0 Å². The van der Waals surface area contributed by atoms with E-state index in [1.165, 1.54) is 18.2 Å². The molecule has 1 fully saturated rings. The summed E-state index contributed by atoms with van der Waals surface area (Å²) in [4.78, 5) is 16.3. The minimum atomic E-state index is -0.473. The Hall–Kier alpha value is -2.18. The fourth-order valence-electron chi connectivity index (χ4n) is 3.02. The lowest BCUT2D eigenvalue weighted by Crippen LogP contribution is -2.48. The molecule has 1 aliphatic heterocycles. The van der Waals surface area contributed by atoms with E-state index in [1.807, 2.05) is 11.0 Å². The van der Waals surface area contributed by atoms with Gasteiger partial charge in [0.2, 0.25) is 0 Å². The van der Waals surface area contributed by atoms with Crippen LogP contribution in [-0.4, -0.2) is 50.1 Å². The van der Waals surface area contributed by atoms with Crippen molar-refractivity contribution < 1.29 is 13.6 Å². The van der Waals surface area contributed by atoms with Gasteiger partial charge in [-0.3, -0.25) is 9.69 Å². The third-order valence-corrected chi connectivity index (χ3v) is 4.77. The summed E-state index contributed by atoms with van der Waals surface area (Å²) in [6, 6.07) is 10.5. The lowest BCUT2D eigenvalue weighted by atomic mass is 10.2. The predicted octanol–water partition coefficient (Wildman–Crippen LogP) is 3.17. The summed E-state index contributed by atoms with van der Waals surface area (Å²) >= 11 is 5.89. The van der Waals surface area contributed by atoms with Gasteiger partial charge in [-0.1, -0.05) is 23.7 Å². The number of hydrogen-bond donors (Lipinski definition) is 1. The van der Waals surface area contributed by atoms with Crippen LogP contribution in [0.2, 0.25) is 5.02 Å². The van der Waals surface area contributed by atoms with Crippen molar-refractivity contribution in [2.75, 3.05) is 44.2 Å². The third-order valence-electron chi connectivity index (χ3n) is 4.45. The van der Waals surface area contributed by atoms with Crippen LogP contribution < -0.4 is 10.2 Å². The minimum Gasteiger partial charge on any atom is -0.367 e. The lowest BCUT2D eigenvalue weighted by Gasteiger charge is -2.36. The van der Waals surface area contributed by atoms with Crippen LogP contribution in [0.3, 0.4) is 0 Å². The quantitative estimate of drug-likeness (QED) is 0.866. The zero-order valence-corrected chi connectivity index (χ0v) is 15.0. The number of halogens is 3. The van der Waals surface area contributed by atoms with Crippen molar-refractivity contribution in [2.24, 2.45) is 0 Å². The van der Waals surface area contributed by atoms with E-state index >= 15 is 0 Å². The first-order valence-corrected chi connectivity index (χ1v) is 8.87. The summed E-state index contributed by atoms with van der Waals surface area (Å²) in [5.41, 5.74) is 0.892. The first-order chi connectivity index (χ1) is 12.5. The number of hydrogen-bond acceptors (Lipinski definition) is 3. The molecule has 0 radical (unpaired) electrons. The molecule has 0 aromatic heterocycles. The van der Waals surface area contributed by atoms with E-state index in [9.17, 15) is 13.6 Å². The van der Waals surface area contributed by atoms with Crippen LogP contribution in [-0.2, 0) is 0 Å². The van der Waals surface area contributed by atoms with Gasteiger partial charge in [0, 0.05) is 39.3 Å². The highest BCUT2D eigenvalue weighted by Crippen LogP contribution is 2.20. The predicted molar refractivity (Wildman–Crippen MR) is 98.8 cm³/mol. The minimum absolute atomic E-state index is 0.0982. The number of amides is 1. The van der Waals surface area contributed by atoms with Gasteiger partial charge in [-0.25, -0.2) is 8.78 Å². The molecule has 7 heteroatoms. The van der Waals surface area contributed by atoms with Crippen molar-refractivity contribution in [3.8, 4) is 0 Å². The molecule has 0 atom stereocenters. The van der Waals surface area contributed by atoms with E-state index in [-0.39, 0.29) is 22.3 Å². The average molecular weight is 380 g/mol. The van der Waals surface area contributed by atoms with Crippen LogP contribution in [0.15, 0.2) is 42.5 Å². The van der Waals surface area contributed by atoms with Crippen molar-refractivity contribution >= 4 is 23.2 Å². The van der Waals surface area contributed by atoms with Crippen molar-refractivity contribution in [2.45, 2.75) is 0 Å². The Kier molecular flexibility index (Phi) is 6.06. The summed E-state index contributed by atoms with van der Waals surface area (Å²) < 4.78 is 26.9. The Balaban J connectivity index is 1.44. The molecule has 3 rings (SSSR count). The fraction of sp³-hybridized carbons (Fsp3) is 0.316. The van der Waals surface area contributed by atoms with Gasteiger partial charge in [-0.15, -0.1) is 0 Å². The number of carbonyl (C=O) groups is 1. The Bertz CT molecular complexity index is 779. The highest BCUT2D eigenvalue weighted by molar-refractivity contribution is 6.33. The fourth-order valence-corrected chi connectivity index (χ4v) is 3.27. The monoisotopic (exact) mass is 379 g/mol. The molecule has 1 heterocycles. The first-order valence-electron chi connectivity index (χ1n) is 8.49. The second kappa shape index (κ2) is 8.47. The number of piperazine rings is 1. The molecule has 0 unspecified atom stereocenters. The number of anilines is 1. The van der Waals surface area contributed by atoms with E-state index in [1.54, 1.807) is 12.1 Å². The standard InChI is InChI=1S/C19H20ClF2N3O/c20-16-13-14(21)5-6-15(16)19(26)23-7-8-24-9-11-25(12-10-24)18-4-2-1-3-17(18)22/h1-6,13H,7-12H2,(H,23,26). The molecule has 4 nitrogen and oxygen atoms in total. The van der Waals surface area contributed by atoms with Gasteiger partial charge < -0.3 is 10.2 Å². The maximum absolute atomic E-state index is 13.8. The van der Waals surface area contributed by atoms with Crippen molar-refractivity contribution in [1.29, 1.82) is 0 Å². The topological polar surface area (TPSA) is 35.6 Å². The largest absolute Gasteiger partial charge is 0.367 e. The zero-order valence-electron chi connectivity index (χ0n) is 14.2. The highest BCUT2D eigenvalue weighted by Gasteiger charge is 2.19. The van der Waals surface area contributed by atoms with E-state index in [4.69, 9.17) is 11.6 Å². The Morgan fingerprint density at radius 1 is 1.08 bits per heavy atom. The first kappa shape index (κ1) is 18.6. The Morgan fingerprint density at radius 2 is 1.81 bits per heavy atom. The molecule has 138 valence electrons. The van der Waals surface area contributed by atoms with Crippen LogP contribution in [0.1, 0.15) is 10.4 Å². The summed E-state index contributed by atoms with van der Waals surface area (Å²) in [6.07, 6.45) is 0. The van der Waals surface area contributed by atoms with Crippen molar-refractivity contribution in [1.82, 2.24) is 10.2 Å². The molecule has 26 heavy (non-hydrogen) atoms. The number of carbonyl (C=O) groups excluding carboxylic acids is 1. The summed E-state index contributed by atoms with van der Waals surface area (Å²) in [6.45, 7) is 4.21. The SMILES string of the molecule is O=C(NCCN1CCN(c2ccccc2F)CC1)c1ccc(F)cc1Cl. The number of nitrogens with one attached hydrogen (secondary N) is 1. The second-order valence-corrected chi connectivity index (χ2v) is 6.57. The molecule has 0 bridgehead atoms. The maximum Gasteiger partial charge on any atom is 0.252 e. The Morgan fingerprint density at radius 3 is 2.50 bits per heavy atom. The molecule has 2 aromatic rings. The number of benzene rings is 2. The molecule has 1 N–H and O–H groups in total. The summed E-state index contributed by atoms with van der Waals surface area (Å²) in [5.74, 6) is -0.997. The van der Waals surface area contributed by atoms with Gasteiger partial charge in [0.1, 0.15) is 11.6 Å². The van der Waals surface area contributed by atoms with Gasteiger partial charge in [0.05, 0.1) is 16.3 Å². The molecule has 0 spiro atoms. The van der Waals surface area contributed by atoms with Gasteiger partial charge in [-0.2, -0.15) is 0 Å². The molecular weight excluding hydrogens is 360 g/mol. The molecule has 1 saturated heterocycles. The van der Waals surface area contributed by atoms with Crippen LogP contribution in [0.4, 0.5) is 14.5 Å². The van der Waals surface area contributed by atoms with Gasteiger partial charge in [0.25, 0.3) is 5.91 Å². The van der Waals surface area contributed by atoms with E-state index in [0.29, 0.717) is 18.8 Å². The summed E-state index contributed by atoms with van der Waals surface area (Å²) in [7, 11) is 0. The molecule has 1 amide bonds. The zero-order chi connectivity index (χ0) is 18.5. The third kappa shape index (κ3) is 4.51. The average Bonchev–Trinajstić information content (AvgIpc) is 2.63. The van der Waals surface area contributed by atoms with E-state index in [2.05, 4.69) is 10.2 Å². The van der Waals surface area contributed by atoms with Gasteiger partial charge in [0.15, 0.2) is 0 Å². The molecule has 0 saturated carbocycles. The highest BCUT2D eigenvalue weighted by atomic mass is 35.5. The van der Waals surface area contributed by atoms with Gasteiger partial charge in [-0.05, 0) is 30.3 Å². The number of para-hydroxylation sites is 1. The lowest BCUT2D eigenvalue weighted by molar-refractivity contribution is 0.0948. The van der Waals surface area contributed by atoms with E-state index in [0.717, 1.165) is 32.2 Å². The van der Waals surface area contributed by atoms with E-state index < -0.39 is 5.82 Å². The smallest absolute Gasteiger partial charge is 0.252 e. The normalized spacial score (nSPS) is 15.1. The number of rotatable bonds is 5. The van der Waals surface area contributed by atoms with Crippen molar-refractivity contribution in [3.63, 3.8) is 0 Å². The van der Waals surface area contributed by atoms with Crippen molar-refractivity contribution in [3.05, 3.63) is 64.7 Å². The summed E-state index contributed by atoms with van der Waals surface area (Å²) in [5, 5.41) is 2.90. The maximum atomic E-state index is 13.8. The van der Waals surface area contributed by atoms with Crippen LogP contribution in [0, 0.1) is 11.6 Å². The number of nitrogens with zero attached hydrogens (tertiary/aromatic N) is 2. The molecular formula is C19H20ClF2N3O. The second-order valence-electron chi connectivity index (χ2n) is 6.16.